The van der Waals surface area contributed by atoms with Gasteiger partial charge in [0.15, 0.2) is 5.78 Å². The Labute approximate surface area is 222 Å². The molecule has 1 aliphatic carbocycles. The van der Waals surface area contributed by atoms with Crippen molar-refractivity contribution in [1.82, 2.24) is 0 Å². The molecule has 0 aliphatic heterocycles. The highest BCUT2D eigenvalue weighted by atomic mass is 16.1. The van der Waals surface area contributed by atoms with Gasteiger partial charge in [0.1, 0.15) is 11.6 Å². The highest BCUT2D eigenvalue weighted by molar-refractivity contribution is 6.01. The predicted molar refractivity (Wildman–Crippen MR) is 153 cm³/mol. The summed E-state index contributed by atoms with van der Waals surface area (Å²) in [6, 6.07) is 4.28. The molecule has 0 amide bonds. The second-order valence-corrected chi connectivity index (χ2v) is 12.6. The van der Waals surface area contributed by atoms with E-state index in [0.717, 1.165) is 43.2 Å². The first-order valence-corrected chi connectivity index (χ1v) is 14.5. The summed E-state index contributed by atoms with van der Waals surface area (Å²) in [5, 5.41) is 0. The minimum Gasteiger partial charge on any atom is -0.299 e. The molecule has 3 atom stereocenters. The molecule has 36 heavy (non-hydrogen) atoms. The smallest absolute Gasteiger partial charge is 0.163 e. The van der Waals surface area contributed by atoms with Crippen LogP contribution in [-0.2, 0) is 16.0 Å². The van der Waals surface area contributed by atoms with E-state index in [-0.39, 0.29) is 46.9 Å². The summed E-state index contributed by atoms with van der Waals surface area (Å²) >= 11 is 0. The largest absolute Gasteiger partial charge is 0.299 e. The van der Waals surface area contributed by atoms with Crippen molar-refractivity contribution in [2.75, 3.05) is 0 Å². The highest BCUT2D eigenvalue weighted by Crippen LogP contribution is 2.39. The van der Waals surface area contributed by atoms with Crippen molar-refractivity contribution in [2.45, 2.75) is 133 Å². The molecule has 0 heterocycles. The van der Waals surface area contributed by atoms with Crippen LogP contribution in [0.3, 0.4) is 0 Å². The zero-order chi connectivity index (χ0) is 27.6. The van der Waals surface area contributed by atoms with Crippen molar-refractivity contribution in [3.05, 3.63) is 34.4 Å². The quantitative estimate of drug-likeness (QED) is 0.286. The molecule has 204 valence electrons. The minimum atomic E-state index is -0.0933. The third kappa shape index (κ3) is 9.60. The first-order valence-electron chi connectivity index (χ1n) is 14.5. The number of benzene rings is 1. The van der Waals surface area contributed by atoms with Gasteiger partial charge in [-0.05, 0) is 66.0 Å². The average Bonchev–Trinajstić information content (AvgIpc) is 2.73. The number of aryl methyl sites for hydroxylation is 1. The lowest BCUT2D eigenvalue weighted by molar-refractivity contribution is -0.131. The maximum atomic E-state index is 13.2. The van der Waals surface area contributed by atoms with E-state index in [1.165, 1.54) is 17.5 Å². The molecule has 0 saturated carbocycles. The fourth-order valence-corrected chi connectivity index (χ4v) is 5.91. The molecule has 0 radical (unpaired) electrons. The van der Waals surface area contributed by atoms with Gasteiger partial charge in [0, 0.05) is 24.3 Å². The fourth-order valence-electron chi connectivity index (χ4n) is 5.91. The van der Waals surface area contributed by atoms with Crippen LogP contribution in [0.4, 0.5) is 0 Å². The molecular weight excluding hydrogens is 444 g/mol. The van der Waals surface area contributed by atoms with Gasteiger partial charge in [-0.1, -0.05) is 93.7 Å². The molecule has 0 N–H and O–H groups in total. The van der Waals surface area contributed by atoms with Crippen molar-refractivity contribution in [3.8, 4) is 0 Å². The number of hydrogen-bond donors (Lipinski definition) is 0. The normalized spacial score (nSPS) is 17.2. The molecular formula is C33H54O3. The van der Waals surface area contributed by atoms with Crippen molar-refractivity contribution >= 4 is 17.3 Å². The highest BCUT2D eigenvalue weighted by Gasteiger charge is 2.34. The molecule has 3 unspecified atom stereocenters. The van der Waals surface area contributed by atoms with Crippen molar-refractivity contribution in [1.29, 1.82) is 0 Å². The Morgan fingerprint density at radius 3 is 2.14 bits per heavy atom. The first kappa shape index (κ1) is 32.3. The minimum absolute atomic E-state index is 0.0547. The van der Waals surface area contributed by atoms with Crippen LogP contribution in [0.1, 0.15) is 147 Å². The van der Waals surface area contributed by atoms with E-state index in [4.69, 9.17) is 0 Å². The van der Waals surface area contributed by atoms with Crippen LogP contribution in [-0.4, -0.2) is 17.3 Å². The van der Waals surface area contributed by atoms with Crippen molar-refractivity contribution in [3.63, 3.8) is 0 Å². The molecule has 3 nitrogen and oxygen atoms in total. The van der Waals surface area contributed by atoms with Crippen molar-refractivity contribution < 1.29 is 14.4 Å². The molecule has 0 aromatic heterocycles. The SMILES string of the molecule is CCC.CCCC(CC1CC(=O)c2c(C)ccc(C(C)C)c2C1)C(CC)C(=O)CC(=O)CC(C)(C)C. The summed E-state index contributed by atoms with van der Waals surface area (Å²) in [7, 11) is 0. The van der Waals surface area contributed by atoms with E-state index in [1.54, 1.807) is 0 Å². The van der Waals surface area contributed by atoms with Crippen LogP contribution in [0.5, 0.6) is 0 Å². The summed E-state index contributed by atoms with van der Waals surface area (Å²) in [5.74, 6) is 1.22. The molecule has 3 heteroatoms. The van der Waals surface area contributed by atoms with Crippen LogP contribution in [0, 0.1) is 30.1 Å². The molecule has 0 spiro atoms. The van der Waals surface area contributed by atoms with Gasteiger partial charge in [-0.15, -0.1) is 0 Å². The predicted octanol–water partition coefficient (Wildman–Crippen LogP) is 9.08. The van der Waals surface area contributed by atoms with Crippen LogP contribution in [0.25, 0.3) is 0 Å². The van der Waals surface area contributed by atoms with E-state index in [0.29, 0.717) is 18.8 Å². The molecule has 1 aliphatic rings. The Balaban J connectivity index is 0.00000205. The number of fused-ring (bicyclic) bond motifs is 1. The third-order valence-electron chi connectivity index (χ3n) is 7.24. The van der Waals surface area contributed by atoms with E-state index in [2.05, 4.69) is 53.7 Å². The number of rotatable bonds is 11. The topological polar surface area (TPSA) is 51.2 Å². The van der Waals surface area contributed by atoms with Gasteiger partial charge >= 0.3 is 0 Å². The van der Waals surface area contributed by atoms with E-state index in [1.807, 2.05) is 27.7 Å². The summed E-state index contributed by atoms with van der Waals surface area (Å²) < 4.78 is 0. The summed E-state index contributed by atoms with van der Waals surface area (Å²) in [6.45, 7) is 21.0. The number of ketones is 3. The molecule has 0 fully saturated rings. The zero-order valence-electron chi connectivity index (χ0n) is 25.1. The van der Waals surface area contributed by atoms with Gasteiger partial charge in [-0.25, -0.2) is 0 Å². The Bertz CT molecular complexity index is 872. The second-order valence-electron chi connectivity index (χ2n) is 12.6. The van der Waals surface area contributed by atoms with Crippen LogP contribution in [0.2, 0.25) is 0 Å². The lowest BCUT2D eigenvalue weighted by Crippen LogP contribution is -2.30. The summed E-state index contributed by atoms with van der Waals surface area (Å²) in [4.78, 5) is 38.9. The van der Waals surface area contributed by atoms with Crippen LogP contribution >= 0.6 is 0 Å². The van der Waals surface area contributed by atoms with Gasteiger partial charge in [-0.3, -0.25) is 14.4 Å². The summed E-state index contributed by atoms with van der Waals surface area (Å²) in [6.07, 6.45) is 6.88. The fraction of sp³-hybridized carbons (Fsp3) is 0.727. The average molecular weight is 499 g/mol. The van der Waals surface area contributed by atoms with Gasteiger partial charge in [0.2, 0.25) is 0 Å². The Morgan fingerprint density at radius 2 is 1.64 bits per heavy atom. The lowest BCUT2D eigenvalue weighted by atomic mass is 9.70. The Morgan fingerprint density at radius 1 is 1.03 bits per heavy atom. The monoisotopic (exact) mass is 498 g/mol. The molecule has 2 rings (SSSR count). The van der Waals surface area contributed by atoms with Gasteiger partial charge in [-0.2, -0.15) is 0 Å². The van der Waals surface area contributed by atoms with E-state index >= 15 is 0 Å². The number of carbonyl (C=O) groups excluding carboxylic acids is 3. The zero-order valence-corrected chi connectivity index (χ0v) is 25.1. The maximum Gasteiger partial charge on any atom is 0.163 e. The standard InChI is InChI=1S/C30H46O3.C3H8/c1-9-11-22(24(10-2)27(32)17-23(31)18-30(6,7)8)14-21-15-26-25(19(3)4)13-12-20(5)29(26)28(33)16-21;1-3-2/h12-13,19,21-22,24H,9-11,14-18H2,1-8H3;3H2,1-2H3. The molecule has 0 bridgehead atoms. The Kier molecular flexibility index (Phi) is 13.3. The van der Waals surface area contributed by atoms with E-state index in [9.17, 15) is 14.4 Å². The van der Waals surface area contributed by atoms with Crippen molar-refractivity contribution in [2.24, 2.45) is 23.2 Å². The van der Waals surface area contributed by atoms with Gasteiger partial charge in [0.25, 0.3) is 0 Å². The number of Topliss-reactive ketones (excluding diaryl/α,β-unsaturated/α-hetero) is 3. The number of carbonyl (C=O) groups is 3. The first-order chi connectivity index (χ1) is 16.8. The maximum absolute atomic E-state index is 13.2. The molecule has 1 aromatic carbocycles. The summed E-state index contributed by atoms with van der Waals surface area (Å²) in [5.41, 5.74) is 4.46. The van der Waals surface area contributed by atoms with Crippen LogP contribution in [0.15, 0.2) is 12.1 Å². The third-order valence-corrected chi connectivity index (χ3v) is 7.24. The second kappa shape index (κ2) is 14.8. The van der Waals surface area contributed by atoms with E-state index < -0.39 is 0 Å². The lowest BCUT2D eigenvalue weighted by Gasteiger charge is -2.33. The van der Waals surface area contributed by atoms with Gasteiger partial charge in [0.05, 0.1) is 6.42 Å². The molecule has 0 saturated heterocycles. The number of hydrogen-bond acceptors (Lipinski definition) is 3. The molecule has 1 aromatic rings. The van der Waals surface area contributed by atoms with Gasteiger partial charge < -0.3 is 0 Å². The van der Waals surface area contributed by atoms with Crippen LogP contribution < -0.4 is 0 Å². The Hall–Kier alpha value is -1.77.